The van der Waals surface area contributed by atoms with Gasteiger partial charge in [-0.05, 0) is 43.5 Å². The molecule has 4 heteroatoms. The summed E-state index contributed by atoms with van der Waals surface area (Å²) in [4.78, 5) is 0. The first-order chi connectivity index (χ1) is 10.3. The van der Waals surface area contributed by atoms with Crippen molar-refractivity contribution in [2.75, 3.05) is 20.3 Å². The summed E-state index contributed by atoms with van der Waals surface area (Å²) in [5.41, 5.74) is 2.58. The van der Waals surface area contributed by atoms with Crippen molar-refractivity contribution >= 4 is 22.5 Å². The number of benzene rings is 1. The van der Waals surface area contributed by atoms with Gasteiger partial charge < -0.3 is 14.6 Å². The van der Waals surface area contributed by atoms with Gasteiger partial charge in [0.25, 0.3) is 0 Å². The van der Waals surface area contributed by atoms with Crippen molar-refractivity contribution in [3.63, 3.8) is 0 Å². The third-order valence-corrected chi connectivity index (χ3v) is 3.90. The molecular weight excluding hydrogens is 284 g/mol. The molecule has 1 N–H and O–H groups in total. The molecule has 2 rings (SSSR count). The van der Waals surface area contributed by atoms with Gasteiger partial charge in [-0.3, -0.25) is 0 Å². The quantitative estimate of drug-likeness (QED) is 0.702. The highest BCUT2D eigenvalue weighted by Gasteiger charge is 2.08. The molecule has 0 fully saturated rings. The van der Waals surface area contributed by atoms with E-state index in [1.165, 1.54) is 16.5 Å². The first kappa shape index (κ1) is 16.3. The molecule has 1 heterocycles. The molecule has 0 radical (unpaired) electrons. The van der Waals surface area contributed by atoms with Crippen LogP contribution in [0.1, 0.15) is 31.7 Å². The van der Waals surface area contributed by atoms with Crippen LogP contribution in [-0.4, -0.2) is 24.8 Å². The number of methoxy groups -OCH3 is 1. The number of aromatic nitrogens is 1. The summed E-state index contributed by atoms with van der Waals surface area (Å²) in [6, 6.07) is 6.17. The molecule has 0 aliphatic rings. The number of nitrogens with one attached hydrogen (secondary N) is 1. The van der Waals surface area contributed by atoms with Crippen LogP contribution in [0.15, 0.2) is 24.4 Å². The van der Waals surface area contributed by atoms with E-state index in [0.29, 0.717) is 0 Å². The minimum absolute atomic E-state index is 0.798. The van der Waals surface area contributed by atoms with Gasteiger partial charge in [-0.25, -0.2) is 0 Å². The van der Waals surface area contributed by atoms with E-state index in [0.717, 1.165) is 50.5 Å². The molecular formula is C17H25ClN2O. The van der Waals surface area contributed by atoms with Gasteiger partial charge in [-0.15, -0.1) is 0 Å². The number of halogens is 1. The van der Waals surface area contributed by atoms with Gasteiger partial charge in [0.2, 0.25) is 0 Å². The summed E-state index contributed by atoms with van der Waals surface area (Å²) in [7, 11) is 1.75. The van der Waals surface area contributed by atoms with Crippen LogP contribution in [0.2, 0.25) is 5.02 Å². The Balaban J connectivity index is 2.16. The molecule has 3 nitrogen and oxygen atoms in total. The molecule has 0 spiro atoms. The zero-order valence-corrected chi connectivity index (χ0v) is 13.7. The van der Waals surface area contributed by atoms with Crippen molar-refractivity contribution < 1.29 is 4.74 Å². The van der Waals surface area contributed by atoms with Gasteiger partial charge in [0, 0.05) is 48.9 Å². The minimum Gasteiger partial charge on any atom is -0.385 e. The Labute approximate surface area is 132 Å². The number of fused-ring (bicyclic) bond motifs is 1. The lowest BCUT2D eigenvalue weighted by molar-refractivity contribution is 0.191. The van der Waals surface area contributed by atoms with Crippen molar-refractivity contribution in [3.05, 3.63) is 35.0 Å². The van der Waals surface area contributed by atoms with Crippen molar-refractivity contribution in [2.45, 2.75) is 39.3 Å². The second-order valence-corrected chi connectivity index (χ2v) is 5.82. The van der Waals surface area contributed by atoms with Crippen molar-refractivity contribution in [1.82, 2.24) is 9.88 Å². The van der Waals surface area contributed by atoms with Crippen LogP contribution in [0.4, 0.5) is 0 Å². The van der Waals surface area contributed by atoms with E-state index in [-0.39, 0.29) is 0 Å². The van der Waals surface area contributed by atoms with Crippen molar-refractivity contribution in [2.24, 2.45) is 0 Å². The van der Waals surface area contributed by atoms with Crippen LogP contribution < -0.4 is 5.32 Å². The molecule has 0 unspecified atom stereocenters. The fourth-order valence-electron chi connectivity index (χ4n) is 2.60. The fourth-order valence-corrected chi connectivity index (χ4v) is 2.76. The Morgan fingerprint density at radius 1 is 1.29 bits per heavy atom. The van der Waals surface area contributed by atoms with E-state index in [2.05, 4.69) is 35.1 Å². The van der Waals surface area contributed by atoms with E-state index >= 15 is 0 Å². The Kier molecular flexibility index (Phi) is 6.55. The normalized spacial score (nSPS) is 11.4. The second kappa shape index (κ2) is 8.42. The zero-order chi connectivity index (χ0) is 15.1. The van der Waals surface area contributed by atoms with Crippen LogP contribution >= 0.6 is 11.6 Å². The number of aryl methyl sites for hydroxylation is 1. The summed E-state index contributed by atoms with van der Waals surface area (Å²) < 4.78 is 7.44. The third kappa shape index (κ3) is 4.47. The highest BCUT2D eigenvalue weighted by molar-refractivity contribution is 6.31. The molecule has 116 valence electrons. The SMILES string of the molecule is CCCNCc1cn(CCCCOC)c2cc(Cl)ccc12. The lowest BCUT2D eigenvalue weighted by Crippen LogP contribution is -2.13. The Bertz CT molecular complexity index is 565. The fraction of sp³-hybridized carbons (Fsp3) is 0.529. The predicted molar refractivity (Wildman–Crippen MR) is 90.1 cm³/mol. The number of rotatable bonds is 9. The lowest BCUT2D eigenvalue weighted by atomic mass is 10.2. The predicted octanol–water partition coefficient (Wildman–Crippen LogP) is 4.22. The molecule has 21 heavy (non-hydrogen) atoms. The summed E-state index contributed by atoms with van der Waals surface area (Å²) >= 11 is 6.16. The molecule has 0 atom stereocenters. The van der Waals surface area contributed by atoms with E-state index in [1.54, 1.807) is 7.11 Å². The van der Waals surface area contributed by atoms with Crippen LogP contribution in [-0.2, 0) is 17.8 Å². The molecule has 1 aromatic carbocycles. The van der Waals surface area contributed by atoms with Crippen molar-refractivity contribution in [1.29, 1.82) is 0 Å². The lowest BCUT2D eigenvalue weighted by Gasteiger charge is -2.05. The highest BCUT2D eigenvalue weighted by Crippen LogP contribution is 2.25. The largest absolute Gasteiger partial charge is 0.385 e. The number of unbranched alkanes of at least 4 members (excludes halogenated alkanes) is 1. The number of hydrogen-bond acceptors (Lipinski definition) is 2. The van der Waals surface area contributed by atoms with Gasteiger partial charge >= 0.3 is 0 Å². The van der Waals surface area contributed by atoms with E-state index < -0.39 is 0 Å². The van der Waals surface area contributed by atoms with Crippen molar-refractivity contribution in [3.8, 4) is 0 Å². The molecule has 0 saturated heterocycles. The Morgan fingerprint density at radius 2 is 2.14 bits per heavy atom. The van der Waals surface area contributed by atoms with Gasteiger partial charge in [-0.1, -0.05) is 24.6 Å². The zero-order valence-electron chi connectivity index (χ0n) is 13.0. The first-order valence-electron chi connectivity index (χ1n) is 7.73. The first-order valence-corrected chi connectivity index (χ1v) is 8.11. The maximum absolute atomic E-state index is 6.16. The van der Waals surface area contributed by atoms with E-state index in [9.17, 15) is 0 Å². The average Bonchev–Trinajstić information content (AvgIpc) is 2.81. The molecule has 0 amide bonds. The average molecular weight is 309 g/mol. The highest BCUT2D eigenvalue weighted by atomic mass is 35.5. The monoisotopic (exact) mass is 308 g/mol. The van der Waals surface area contributed by atoms with Crippen LogP contribution in [0.25, 0.3) is 10.9 Å². The van der Waals surface area contributed by atoms with Gasteiger partial charge in [-0.2, -0.15) is 0 Å². The standard InChI is InChI=1S/C17H25ClN2O/c1-3-8-19-12-14-13-20(9-4-5-10-21-2)17-11-15(18)6-7-16(14)17/h6-7,11,13,19H,3-5,8-10,12H2,1-2H3. The molecule has 0 saturated carbocycles. The van der Waals surface area contributed by atoms with Gasteiger partial charge in [0.05, 0.1) is 0 Å². The summed E-state index contributed by atoms with van der Waals surface area (Å²) in [5.74, 6) is 0. The number of hydrogen-bond donors (Lipinski definition) is 1. The maximum atomic E-state index is 6.16. The van der Waals surface area contributed by atoms with Crippen LogP contribution in [0, 0.1) is 0 Å². The number of ether oxygens (including phenoxy) is 1. The third-order valence-electron chi connectivity index (χ3n) is 3.67. The summed E-state index contributed by atoms with van der Waals surface area (Å²) in [6.45, 7) is 5.98. The second-order valence-electron chi connectivity index (χ2n) is 5.39. The van der Waals surface area contributed by atoms with Gasteiger partial charge in [0.15, 0.2) is 0 Å². The molecule has 1 aromatic heterocycles. The summed E-state index contributed by atoms with van der Waals surface area (Å²) in [5, 5.41) is 5.58. The molecule has 0 aliphatic heterocycles. The topological polar surface area (TPSA) is 26.2 Å². The van der Waals surface area contributed by atoms with Crippen LogP contribution in [0.5, 0.6) is 0 Å². The Morgan fingerprint density at radius 3 is 2.90 bits per heavy atom. The Hall–Kier alpha value is -1.03. The van der Waals surface area contributed by atoms with Crippen LogP contribution in [0.3, 0.4) is 0 Å². The summed E-state index contributed by atoms with van der Waals surface area (Å²) in [6.07, 6.45) is 5.62. The minimum atomic E-state index is 0.798. The molecule has 0 bridgehead atoms. The maximum Gasteiger partial charge on any atom is 0.0498 e. The smallest absolute Gasteiger partial charge is 0.0498 e. The molecule has 2 aromatic rings. The number of nitrogens with zero attached hydrogens (tertiary/aromatic N) is 1. The van der Waals surface area contributed by atoms with Gasteiger partial charge in [0.1, 0.15) is 0 Å². The van der Waals surface area contributed by atoms with E-state index in [4.69, 9.17) is 16.3 Å². The molecule has 0 aliphatic carbocycles. The van der Waals surface area contributed by atoms with E-state index in [1.807, 2.05) is 6.07 Å².